The van der Waals surface area contributed by atoms with E-state index in [1.807, 2.05) is 42.7 Å². The van der Waals surface area contributed by atoms with E-state index in [9.17, 15) is 0 Å². The molecule has 0 fully saturated rings. The summed E-state index contributed by atoms with van der Waals surface area (Å²) in [6.45, 7) is 9.69. The van der Waals surface area contributed by atoms with Crippen LogP contribution in [0.3, 0.4) is 0 Å². The molecule has 0 unspecified atom stereocenters. The van der Waals surface area contributed by atoms with E-state index >= 15 is 0 Å². The van der Waals surface area contributed by atoms with Crippen molar-refractivity contribution < 1.29 is 4.74 Å². The van der Waals surface area contributed by atoms with Gasteiger partial charge in [0, 0.05) is 94.4 Å². The standard InChI is InChI=1S/C42H47N7O/c1-2-8-35(9-3-1)32-50-38-16-17-41-40(26-38)39-18-23-49(31-42(39)47-41)30-34-14-12-33(13-15-34)29-48(24-21-43-27-36-10-4-6-19-45-36)25-22-44-28-37-11-5-7-20-46-37/h1-17,19-20,26,43-44,47H,18,21-25,27-32H2. The molecule has 256 valence electrons. The number of hydrogen-bond acceptors (Lipinski definition) is 7. The summed E-state index contributed by atoms with van der Waals surface area (Å²) in [7, 11) is 0. The molecular formula is C42H47N7O. The number of hydrogen-bond donors (Lipinski definition) is 3. The normalized spacial score (nSPS) is 13.1. The van der Waals surface area contributed by atoms with Gasteiger partial charge in [-0.05, 0) is 71.1 Å². The van der Waals surface area contributed by atoms with Crippen molar-refractivity contribution in [2.75, 3.05) is 32.7 Å². The zero-order valence-corrected chi connectivity index (χ0v) is 28.7. The third-order valence-corrected chi connectivity index (χ3v) is 9.38. The predicted molar refractivity (Wildman–Crippen MR) is 200 cm³/mol. The first-order valence-corrected chi connectivity index (χ1v) is 17.8. The Morgan fingerprint density at radius 2 is 1.40 bits per heavy atom. The molecule has 7 rings (SSSR count). The van der Waals surface area contributed by atoms with E-state index in [1.54, 1.807) is 0 Å². The van der Waals surface area contributed by atoms with Crippen molar-refractivity contribution >= 4 is 10.9 Å². The van der Waals surface area contributed by atoms with E-state index in [-0.39, 0.29) is 0 Å². The van der Waals surface area contributed by atoms with Crippen LogP contribution >= 0.6 is 0 Å². The average Bonchev–Trinajstić information content (AvgIpc) is 3.53. The fraction of sp³-hybridized carbons (Fsp3) is 0.286. The van der Waals surface area contributed by atoms with Crippen LogP contribution in [0.4, 0.5) is 0 Å². The molecule has 0 amide bonds. The Balaban J connectivity index is 0.917. The van der Waals surface area contributed by atoms with Gasteiger partial charge in [0.1, 0.15) is 12.4 Å². The molecule has 0 saturated heterocycles. The summed E-state index contributed by atoms with van der Waals surface area (Å²) in [4.78, 5) is 17.7. The zero-order valence-electron chi connectivity index (χ0n) is 28.7. The smallest absolute Gasteiger partial charge is 0.120 e. The third kappa shape index (κ3) is 9.43. The molecule has 0 atom stereocenters. The highest BCUT2D eigenvalue weighted by atomic mass is 16.5. The minimum absolute atomic E-state index is 0.581. The minimum atomic E-state index is 0.581. The molecule has 1 aliphatic heterocycles. The lowest BCUT2D eigenvalue weighted by molar-refractivity contribution is 0.243. The van der Waals surface area contributed by atoms with Crippen molar-refractivity contribution in [1.82, 2.24) is 35.4 Å². The highest BCUT2D eigenvalue weighted by molar-refractivity contribution is 5.86. The monoisotopic (exact) mass is 665 g/mol. The molecule has 3 aromatic heterocycles. The Kier molecular flexibility index (Phi) is 11.6. The minimum Gasteiger partial charge on any atom is -0.489 e. The molecule has 0 spiro atoms. The van der Waals surface area contributed by atoms with Gasteiger partial charge >= 0.3 is 0 Å². The summed E-state index contributed by atoms with van der Waals surface area (Å²) in [6.07, 6.45) is 4.74. The van der Waals surface area contributed by atoms with Crippen LogP contribution in [-0.4, -0.2) is 57.5 Å². The quantitative estimate of drug-likeness (QED) is 0.0964. The molecule has 0 bridgehead atoms. The Labute approximate surface area is 295 Å². The second kappa shape index (κ2) is 17.2. The second-order valence-electron chi connectivity index (χ2n) is 13.1. The van der Waals surface area contributed by atoms with Crippen LogP contribution in [0.25, 0.3) is 10.9 Å². The maximum Gasteiger partial charge on any atom is 0.120 e. The first-order chi connectivity index (χ1) is 24.7. The Morgan fingerprint density at radius 3 is 2.08 bits per heavy atom. The molecule has 4 heterocycles. The number of rotatable bonds is 17. The van der Waals surface area contributed by atoms with Crippen molar-refractivity contribution in [2.45, 2.75) is 45.8 Å². The molecule has 8 heteroatoms. The maximum atomic E-state index is 6.14. The van der Waals surface area contributed by atoms with Crippen LogP contribution in [-0.2, 0) is 45.8 Å². The first-order valence-electron chi connectivity index (χ1n) is 17.8. The van der Waals surface area contributed by atoms with Crippen LogP contribution in [0.1, 0.15) is 39.3 Å². The van der Waals surface area contributed by atoms with Gasteiger partial charge in [-0.2, -0.15) is 0 Å². The van der Waals surface area contributed by atoms with Crippen LogP contribution in [0.2, 0.25) is 0 Å². The lowest BCUT2D eigenvalue weighted by Crippen LogP contribution is -2.36. The van der Waals surface area contributed by atoms with Gasteiger partial charge in [-0.3, -0.25) is 19.8 Å². The lowest BCUT2D eigenvalue weighted by Gasteiger charge is -2.27. The van der Waals surface area contributed by atoms with Crippen molar-refractivity contribution in [1.29, 1.82) is 0 Å². The molecule has 1 aliphatic rings. The number of ether oxygens (including phenoxy) is 1. The largest absolute Gasteiger partial charge is 0.489 e. The second-order valence-corrected chi connectivity index (χ2v) is 13.1. The van der Waals surface area contributed by atoms with E-state index in [2.05, 4.69) is 114 Å². The van der Waals surface area contributed by atoms with Crippen LogP contribution in [0, 0.1) is 0 Å². The van der Waals surface area contributed by atoms with E-state index in [1.165, 1.54) is 38.9 Å². The number of nitrogens with zero attached hydrogens (tertiary/aromatic N) is 4. The van der Waals surface area contributed by atoms with Gasteiger partial charge in [0.2, 0.25) is 0 Å². The topological polar surface area (TPSA) is 81.3 Å². The molecule has 6 aromatic rings. The van der Waals surface area contributed by atoms with Gasteiger partial charge in [-0.15, -0.1) is 0 Å². The number of H-pyrrole nitrogens is 1. The summed E-state index contributed by atoms with van der Waals surface area (Å²) in [6, 6.07) is 38.1. The first kappa shape index (κ1) is 33.6. The third-order valence-electron chi connectivity index (χ3n) is 9.38. The lowest BCUT2D eigenvalue weighted by atomic mass is 10.0. The fourth-order valence-corrected chi connectivity index (χ4v) is 6.69. The maximum absolute atomic E-state index is 6.14. The highest BCUT2D eigenvalue weighted by Gasteiger charge is 2.21. The van der Waals surface area contributed by atoms with Crippen LogP contribution in [0.15, 0.2) is 122 Å². The van der Waals surface area contributed by atoms with Gasteiger partial charge in [-0.25, -0.2) is 0 Å². The van der Waals surface area contributed by atoms with Crippen LogP contribution < -0.4 is 15.4 Å². The zero-order chi connectivity index (χ0) is 33.8. The van der Waals surface area contributed by atoms with Crippen molar-refractivity contribution in [3.05, 3.63) is 161 Å². The van der Waals surface area contributed by atoms with Gasteiger partial charge < -0.3 is 20.4 Å². The number of aromatic nitrogens is 3. The van der Waals surface area contributed by atoms with Crippen molar-refractivity contribution in [3.8, 4) is 5.75 Å². The number of benzene rings is 3. The van der Waals surface area contributed by atoms with E-state index in [4.69, 9.17) is 4.74 Å². The summed E-state index contributed by atoms with van der Waals surface area (Å²) in [5.74, 6) is 0.922. The number of pyridine rings is 2. The Bertz CT molecular complexity index is 1850. The van der Waals surface area contributed by atoms with Gasteiger partial charge in [-0.1, -0.05) is 66.7 Å². The average molecular weight is 666 g/mol. The number of fused-ring (bicyclic) bond motifs is 3. The molecule has 8 nitrogen and oxygen atoms in total. The fourth-order valence-electron chi connectivity index (χ4n) is 6.69. The van der Waals surface area contributed by atoms with E-state index in [0.29, 0.717) is 6.61 Å². The van der Waals surface area contributed by atoms with Crippen molar-refractivity contribution in [3.63, 3.8) is 0 Å². The summed E-state index contributed by atoms with van der Waals surface area (Å²) < 4.78 is 6.14. The predicted octanol–water partition coefficient (Wildman–Crippen LogP) is 6.48. The van der Waals surface area contributed by atoms with Gasteiger partial charge in [0.05, 0.1) is 11.4 Å². The molecule has 50 heavy (non-hydrogen) atoms. The molecule has 3 N–H and O–H groups in total. The van der Waals surface area contributed by atoms with E-state index < -0.39 is 0 Å². The van der Waals surface area contributed by atoms with Gasteiger partial charge in [0.15, 0.2) is 0 Å². The molecule has 0 aliphatic carbocycles. The summed E-state index contributed by atoms with van der Waals surface area (Å²) in [5, 5.41) is 8.43. The summed E-state index contributed by atoms with van der Waals surface area (Å²) in [5.41, 5.74) is 9.96. The van der Waals surface area contributed by atoms with Crippen LogP contribution in [0.5, 0.6) is 5.75 Å². The highest BCUT2D eigenvalue weighted by Crippen LogP contribution is 2.31. The molecule has 0 saturated carbocycles. The van der Waals surface area contributed by atoms with E-state index in [0.717, 1.165) is 89.0 Å². The van der Waals surface area contributed by atoms with Gasteiger partial charge in [0.25, 0.3) is 0 Å². The number of nitrogens with one attached hydrogen (secondary N) is 3. The SMILES string of the molecule is c1ccc(COc2ccc3[nH]c4c(c3c2)CCN(Cc2ccc(CN(CCNCc3ccccn3)CCNCc3ccccn3)cc2)C4)cc1. The molecular weight excluding hydrogens is 619 g/mol. The number of aromatic amines is 1. The molecule has 3 aromatic carbocycles. The molecule has 0 radical (unpaired) electrons. The Hall–Kier alpha value is -4.86. The summed E-state index contributed by atoms with van der Waals surface area (Å²) >= 11 is 0. The Morgan fingerprint density at radius 1 is 0.720 bits per heavy atom. The van der Waals surface area contributed by atoms with Crippen molar-refractivity contribution in [2.24, 2.45) is 0 Å².